The summed E-state index contributed by atoms with van der Waals surface area (Å²) in [7, 11) is 0. The molecule has 1 aromatic heterocycles. The third-order valence-corrected chi connectivity index (χ3v) is 4.74. The van der Waals surface area contributed by atoms with Crippen LogP contribution in [0.15, 0.2) is 45.6 Å². The van der Waals surface area contributed by atoms with Gasteiger partial charge in [-0.05, 0) is 43.5 Å². The van der Waals surface area contributed by atoms with E-state index in [9.17, 15) is 9.59 Å². The van der Waals surface area contributed by atoms with Crippen molar-refractivity contribution >= 4 is 5.91 Å². The molecule has 2 heterocycles. The van der Waals surface area contributed by atoms with Gasteiger partial charge < -0.3 is 19.8 Å². The number of piperidine rings is 1. The van der Waals surface area contributed by atoms with Gasteiger partial charge in [-0.15, -0.1) is 0 Å². The zero-order valence-electron chi connectivity index (χ0n) is 15.6. The van der Waals surface area contributed by atoms with Crippen molar-refractivity contribution in [1.29, 1.82) is 0 Å². The Morgan fingerprint density at radius 3 is 2.85 bits per heavy atom. The van der Waals surface area contributed by atoms with Gasteiger partial charge in [0.05, 0.1) is 13.2 Å². The van der Waals surface area contributed by atoms with Crippen molar-refractivity contribution in [2.45, 2.75) is 32.3 Å². The van der Waals surface area contributed by atoms with Gasteiger partial charge in [-0.2, -0.15) is 0 Å². The second-order valence-electron chi connectivity index (χ2n) is 6.83. The van der Waals surface area contributed by atoms with Crippen LogP contribution in [0.2, 0.25) is 0 Å². The summed E-state index contributed by atoms with van der Waals surface area (Å²) in [4.78, 5) is 24.7. The summed E-state index contributed by atoms with van der Waals surface area (Å²) in [5.74, 6) is 0.430. The molecule has 6 heteroatoms. The molecule has 27 heavy (non-hydrogen) atoms. The Balaban J connectivity index is 1.52. The number of ether oxygens (including phenoxy) is 1. The number of amides is 1. The maximum atomic E-state index is 12.4. The molecule has 3 rings (SSSR count). The van der Waals surface area contributed by atoms with Gasteiger partial charge in [0, 0.05) is 19.0 Å². The van der Waals surface area contributed by atoms with E-state index >= 15 is 0 Å². The molecule has 1 atom stereocenters. The van der Waals surface area contributed by atoms with E-state index in [-0.39, 0.29) is 11.5 Å². The average Bonchev–Trinajstić information content (AvgIpc) is 2.68. The zero-order valence-corrected chi connectivity index (χ0v) is 15.6. The lowest BCUT2D eigenvalue weighted by atomic mass is 9.95. The van der Waals surface area contributed by atoms with Crippen LogP contribution in [0.5, 0.6) is 0 Å². The minimum atomic E-state index is -0.571. The normalized spacial score (nSPS) is 16.9. The van der Waals surface area contributed by atoms with Crippen LogP contribution in [-0.4, -0.2) is 32.1 Å². The number of carbonyl (C=O) groups excluding carboxylic acids is 1. The van der Waals surface area contributed by atoms with Gasteiger partial charge in [-0.3, -0.25) is 4.79 Å². The molecule has 1 aromatic carbocycles. The Morgan fingerprint density at radius 2 is 2.15 bits per heavy atom. The van der Waals surface area contributed by atoms with Crippen LogP contribution in [0.1, 0.15) is 46.0 Å². The molecule has 2 N–H and O–H groups in total. The Hall–Kier alpha value is -2.44. The highest BCUT2D eigenvalue weighted by atomic mass is 16.5. The summed E-state index contributed by atoms with van der Waals surface area (Å²) < 4.78 is 11.0. The lowest BCUT2D eigenvalue weighted by Crippen LogP contribution is -2.33. The van der Waals surface area contributed by atoms with Crippen molar-refractivity contribution in [3.8, 4) is 0 Å². The maximum absolute atomic E-state index is 12.4. The molecule has 1 unspecified atom stereocenters. The average molecular weight is 370 g/mol. The summed E-state index contributed by atoms with van der Waals surface area (Å²) in [5, 5.41) is 6.04. The summed E-state index contributed by atoms with van der Waals surface area (Å²) in [6.07, 6.45) is 2.04. The van der Waals surface area contributed by atoms with Crippen LogP contribution in [0.3, 0.4) is 0 Å². The molecule has 0 bridgehead atoms. The number of rotatable bonds is 7. The SMILES string of the molecule is Cc1cc(C2CCCNC2)oc(=O)c1C(=O)NCCOCc1ccccc1. The molecule has 2 aromatic rings. The third kappa shape index (κ3) is 5.28. The largest absolute Gasteiger partial charge is 0.427 e. The number of carbonyl (C=O) groups is 1. The summed E-state index contributed by atoms with van der Waals surface area (Å²) >= 11 is 0. The van der Waals surface area contributed by atoms with E-state index in [1.54, 1.807) is 6.92 Å². The number of hydrogen-bond donors (Lipinski definition) is 2. The Kier molecular flexibility index (Phi) is 6.79. The van der Waals surface area contributed by atoms with E-state index in [0.717, 1.165) is 31.5 Å². The molecular weight excluding hydrogens is 344 g/mol. The zero-order chi connectivity index (χ0) is 19.1. The van der Waals surface area contributed by atoms with Gasteiger partial charge in [-0.25, -0.2) is 4.79 Å². The van der Waals surface area contributed by atoms with E-state index in [4.69, 9.17) is 9.15 Å². The first-order valence-corrected chi connectivity index (χ1v) is 9.40. The molecule has 1 aliphatic rings. The lowest BCUT2D eigenvalue weighted by molar-refractivity contribution is 0.0896. The van der Waals surface area contributed by atoms with Crippen LogP contribution in [0.4, 0.5) is 0 Å². The lowest BCUT2D eigenvalue weighted by Gasteiger charge is -2.22. The highest BCUT2D eigenvalue weighted by molar-refractivity contribution is 5.95. The van der Waals surface area contributed by atoms with E-state index in [2.05, 4.69) is 10.6 Å². The number of benzene rings is 1. The van der Waals surface area contributed by atoms with Crippen LogP contribution < -0.4 is 16.3 Å². The van der Waals surface area contributed by atoms with Crippen molar-refractivity contribution < 1.29 is 13.9 Å². The van der Waals surface area contributed by atoms with E-state index in [1.807, 2.05) is 36.4 Å². The first kappa shape index (κ1) is 19.3. The van der Waals surface area contributed by atoms with Gasteiger partial charge in [0.2, 0.25) is 0 Å². The molecule has 0 saturated carbocycles. The highest BCUT2D eigenvalue weighted by Gasteiger charge is 2.22. The van der Waals surface area contributed by atoms with Gasteiger partial charge in [-0.1, -0.05) is 30.3 Å². The van der Waals surface area contributed by atoms with Crippen molar-refractivity contribution in [3.63, 3.8) is 0 Å². The molecule has 1 fully saturated rings. The molecule has 1 amide bonds. The van der Waals surface area contributed by atoms with Gasteiger partial charge >= 0.3 is 5.63 Å². The minimum absolute atomic E-state index is 0.0746. The monoisotopic (exact) mass is 370 g/mol. The van der Waals surface area contributed by atoms with Crippen molar-refractivity contribution in [2.75, 3.05) is 26.2 Å². The van der Waals surface area contributed by atoms with E-state index in [1.165, 1.54) is 0 Å². The molecule has 0 aliphatic carbocycles. The fourth-order valence-corrected chi connectivity index (χ4v) is 3.29. The Labute approximate surface area is 158 Å². The molecule has 0 radical (unpaired) electrons. The first-order valence-electron chi connectivity index (χ1n) is 9.40. The number of aryl methyl sites for hydroxylation is 1. The smallest absolute Gasteiger partial charge is 0.349 e. The molecule has 144 valence electrons. The van der Waals surface area contributed by atoms with Crippen LogP contribution in [0.25, 0.3) is 0 Å². The van der Waals surface area contributed by atoms with Crippen LogP contribution in [0, 0.1) is 6.92 Å². The molecule has 1 saturated heterocycles. The number of nitrogens with one attached hydrogen (secondary N) is 2. The van der Waals surface area contributed by atoms with Crippen LogP contribution in [-0.2, 0) is 11.3 Å². The van der Waals surface area contributed by atoms with Crippen LogP contribution >= 0.6 is 0 Å². The molecule has 6 nitrogen and oxygen atoms in total. The molecular formula is C21H26N2O4. The Morgan fingerprint density at radius 1 is 1.33 bits per heavy atom. The Bertz CT molecular complexity index is 811. The summed E-state index contributed by atoms with van der Waals surface area (Å²) in [5.41, 5.74) is 1.23. The van der Waals surface area contributed by atoms with Gasteiger partial charge in [0.25, 0.3) is 5.91 Å². The second kappa shape index (κ2) is 9.48. The van der Waals surface area contributed by atoms with Crippen molar-refractivity contribution in [2.24, 2.45) is 0 Å². The second-order valence-corrected chi connectivity index (χ2v) is 6.83. The first-order chi connectivity index (χ1) is 13.1. The number of hydrogen-bond acceptors (Lipinski definition) is 5. The predicted molar refractivity (Wildman–Crippen MR) is 103 cm³/mol. The van der Waals surface area contributed by atoms with Crippen molar-refractivity contribution in [1.82, 2.24) is 10.6 Å². The van der Waals surface area contributed by atoms with Crippen molar-refractivity contribution in [3.05, 3.63) is 69.3 Å². The maximum Gasteiger partial charge on any atom is 0.349 e. The fourth-order valence-electron chi connectivity index (χ4n) is 3.29. The third-order valence-electron chi connectivity index (χ3n) is 4.74. The summed E-state index contributed by atoms with van der Waals surface area (Å²) in [6, 6.07) is 11.6. The topological polar surface area (TPSA) is 80.6 Å². The van der Waals surface area contributed by atoms with E-state index in [0.29, 0.717) is 31.1 Å². The summed E-state index contributed by atoms with van der Waals surface area (Å²) in [6.45, 7) is 4.76. The molecule has 0 spiro atoms. The van der Waals surface area contributed by atoms with Gasteiger partial charge in [0.15, 0.2) is 0 Å². The fraction of sp³-hybridized carbons (Fsp3) is 0.429. The predicted octanol–water partition coefficient (Wildman–Crippen LogP) is 2.36. The quantitative estimate of drug-likeness (QED) is 0.732. The standard InChI is InChI=1S/C21H26N2O4/c1-15-12-18(17-8-5-9-22-13-17)27-21(25)19(15)20(24)23-10-11-26-14-16-6-3-2-4-7-16/h2-4,6-7,12,17,22H,5,8-11,13-14H2,1H3,(H,23,24). The minimum Gasteiger partial charge on any atom is -0.427 e. The highest BCUT2D eigenvalue weighted by Crippen LogP contribution is 2.23. The molecule has 1 aliphatic heterocycles. The van der Waals surface area contributed by atoms with Gasteiger partial charge in [0.1, 0.15) is 11.3 Å². The van der Waals surface area contributed by atoms with E-state index < -0.39 is 11.5 Å².